The molecule has 2 N–H and O–H groups in total. The van der Waals surface area contributed by atoms with Crippen LogP contribution in [0.3, 0.4) is 0 Å². The van der Waals surface area contributed by atoms with Gasteiger partial charge in [0, 0.05) is 22.8 Å². The van der Waals surface area contributed by atoms with E-state index in [0.717, 1.165) is 0 Å². The summed E-state index contributed by atoms with van der Waals surface area (Å²) in [5, 5.41) is 5.62. The molecule has 2 rings (SSSR count). The fraction of sp³-hybridized carbons (Fsp3) is 0.0667. The highest BCUT2D eigenvalue weighted by Crippen LogP contribution is 2.26. The summed E-state index contributed by atoms with van der Waals surface area (Å²) >= 11 is 9.36. The number of amides is 2. The highest BCUT2D eigenvalue weighted by molar-refractivity contribution is 9.10. The average molecular weight is 368 g/mol. The van der Waals surface area contributed by atoms with Gasteiger partial charge in [0.25, 0.3) is 11.8 Å². The van der Waals surface area contributed by atoms with Gasteiger partial charge in [0.2, 0.25) is 0 Å². The molecular formula is C15H12BrClN2O2. The van der Waals surface area contributed by atoms with Crippen LogP contribution in [0.1, 0.15) is 20.7 Å². The monoisotopic (exact) mass is 366 g/mol. The standard InChI is InChI=1S/C15H12BrClN2O2/c1-18-14(20)9-5-7-10(8-6-9)19-15(21)11-3-2-4-12(16)13(11)17/h2-8H,1H3,(H,18,20)(H,19,21). The van der Waals surface area contributed by atoms with E-state index in [4.69, 9.17) is 11.6 Å². The second kappa shape index (κ2) is 6.74. The number of anilines is 1. The molecule has 6 heteroatoms. The molecule has 0 radical (unpaired) electrons. The molecule has 0 atom stereocenters. The van der Waals surface area contributed by atoms with E-state index in [9.17, 15) is 9.59 Å². The van der Waals surface area contributed by atoms with Crippen molar-refractivity contribution in [2.45, 2.75) is 0 Å². The number of hydrogen-bond donors (Lipinski definition) is 2. The Kier molecular flexibility index (Phi) is 4.98. The zero-order chi connectivity index (χ0) is 15.4. The number of benzene rings is 2. The summed E-state index contributed by atoms with van der Waals surface area (Å²) in [6.07, 6.45) is 0. The minimum Gasteiger partial charge on any atom is -0.355 e. The van der Waals surface area contributed by atoms with Crippen molar-refractivity contribution in [2.75, 3.05) is 12.4 Å². The Bertz CT molecular complexity index is 687. The van der Waals surface area contributed by atoms with Crippen LogP contribution in [0, 0.1) is 0 Å². The van der Waals surface area contributed by atoms with Gasteiger partial charge >= 0.3 is 0 Å². The number of carbonyl (C=O) groups is 2. The number of rotatable bonds is 3. The van der Waals surface area contributed by atoms with E-state index in [1.807, 2.05) is 0 Å². The van der Waals surface area contributed by atoms with Crippen molar-refractivity contribution >= 4 is 45.0 Å². The molecule has 0 aliphatic heterocycles. The van der Waals surface area contributed by atoms with Crippen LogP contribution < -0.4 is 10.6 Å². The zero-order valence-electron chi connectivity index (χ0n) is 11.1. The van der Waals surface area contributed by atoms with Crippen LogP contribution in [0.2, 0.25) is 5.02 Å². The topological polar surface area (TPSA) is 58.2 Å². The fourth-order valence-electron chi connectivity index (χ4n) is 1.73. The highest BCUT2D eigenvalue weighted by Gasteiger charge is 2.12. The Balaban J connectivity index is 2.16. The maximum absolute atomic E-state index is 12.2. The molecule has 2 aromatic carbocycles. The molecule has 4 nitrogen and oxygen atoms in total. The van der Waals surface area contributed by atoms with Crippen molar-refractivity contribution in [3.8, 4) is 0 Å². The number of carbonyl (C=O) groups excluding carboxylic acids is 2. The van der Waals surface area contributed by atoms with Gasteiger partial charge in [-0.3, -0.25) is 9.59 Å². The van der Waals surface area contributed by atoms with Crippen LogP contribution in [0.25, 0.3) is 0 Å². The lowest BCUT2D eigenvalue weighted by atomic mass is 10.1. The van der Waals surface area contributed by atoms with Crippen molar-refractivity contribution in [3.63, 3.8) is 0 Å². The predicted octanol–water partition coefficient (Wildman–Crippen LogP) is 3.71. The van der Waals surface area contributed by atoms with E-state index in [-0.39, 0.29) is 11.8 Å². The lowest BCUT2D eigenvalue weighted by molar-refractivity contribution is 0.0962. The second-order valence-corrected chi connectivity index (χ2v) is 5.44. The highest BCUT2D eigenvalue weighted by atomic mass is 79.9. The Morgan fingerprint density at radius 1 is 1.05 bits per heavy atom. The first kappa shape index (κ1) is 15.5. The third-order valence-corrected chi connectivity index (χ3v) is 4.12. The molecular weight excluding hydrogens is 356 g/mol. The maximum Gasteiger partial charge on any atom is 0.257 e. The van der Waals surface area contributed by atoms with E-state index in [1.165, 1.54) is 0 Å². The minimum atomic E-state index is -0.311. The van der Waals surface area contributed by atoms with Crippen LogP contribution in [0.4, 0.5) is 5.69 Å². The van der Waals surface area contributed by atoms with Crippen LogP contribution in [0.15, 0.2) is 46.9 Å². The molecule has 0 bridgehead atoms. The second-order valence-electron chi connectivity index (χ2n) is 4.21. The molecule has 108 valence electrons. The molecule has 0 aliphatic carbocycles. The van der Waals surface area contributed by atoms with E-state index < -0.39 is 0 Å². The third-order valence-electron chi connectivity index (χ3n) is 2.83. The molecule has 0 aromatic heterocycles. The summed E-state index contributed by atoms with van der Waals surface area (Å²) in [5.74, 6) is -0.489. The van der Waals surface area contributed by atoms with Gasteiger partial charge in [-0.05, 0) is 52.3 Å². The minimum absolute atomic E-state index is 0.178. The van der Waals surface area contributed by atoms with E-state index in [2.05, 4.69) is 26.6 Å². The summed E-state index contributed by atoms with van der Waals surface area (Å²) in [6.45, 7) is 0. The lowest BCUT2D eigenvalue weighted by Gasteiger charge is -2.08. The summed E-state index contributed by atoms with van der Waals surface area (Å²) in [6, 6.07) is 11.7. The van der Waals surface area contributed by atoms with Gasteiger partial charge in [-0.15, -0.1) is 0 Å². The van der Waals surface area contributed by atoms with Gasteiger partial charge in [0.1, 0.15) is 0 Å². The van der Waals surface area contributed by atoms with Crippen molar-refractivity contribution in [1.82, 2.24) is 5.32 Å². The first-order chi connectivity index (χ1) is 10.0. The van der Waals surface area contributed by atoms with Crippen molar-refractivity contribution in [1.29, 1.82) is 0 Å². The van der Waals surface area contributed by atoms with E-state index in [1.54, 1.807) is 49.5 Å². The summed E-state index contributed by atoms with van der Waals surface area (Å²) in [4.78, 5) is 23.6. The molecule has 0 saturated carbocycles. The smallest absolute Gasteiger partial charge is 0.257 e. The summed E-state index contributed by atoms with van der Waals surface area (Å²) in [7, 11) is 1.56. The van der Waals surface area contributed by atoms with Crippen molar-refractivity contribution < 1.29 is 9.59 Å². The molecule has 0 spiro atoms. The maximum atomic E-state index is 12.2. The van der Waals surface area contributed by atoms with Gasteiger partial charge in [-0.2, -0.15) is 0 Å². The lowest BCUT2D eigenvalue weighted by Crippen LogP contribution is -2.18. The first-order valence-electron chi connectivity index (χ1n) is 6.10. The Hall–Kier alpha value is -1.85. The van der Waals surface area contributed by atoms with Gasteiger partial charge in [0.05, 0.1) is 10.6 Å². The molecule has 0 aliphatic rings. The van der Waals surface area contributed by atoms with Crippen LogP contribution in [0.5, 0.6) is 0 Å². The number of halogens is 2. The SMILES string of the molecule is CNC(=O)c1ccc(NC(=O)c2cccc(Br)c2Cl)cc1. The molecule has 0 saturated heterocycles. The Morgan fingerprint density at radius 2 is 1.71 bits per heavy atom. The van der Waals surface area contributed by atoms with Crippen molar-refractivity contribution in [2.24, 2.45) is 0 Å². The fourth-order valence-corrected chi connectivity index (χ4v) is 2.30. The zero-order valence-corrected chi connectivity index (χ0v) is 13.5. The van der Waals surface area contributed by atoms with Crippen molar-refractivity contribution in [3.05, 3.63) is 63.1 Å². The Morgan fingerprint density at radius 3 is 2.33 bits per heavy atom. The number of nitrogens with one attached hydrogen (secondary N) is 2. The normalized spacial score (nSPS) is 10.0. The van der Waals surface area contributed by atoms with Crippen LogP contribution >= 0.6 is 27.5 Å². The first-order valence-corrected chi connectivity index (χ1v) is 7.27. The molecule has 21 heavy (non-hydrogen) atoms. The molecule has 0 heterocycles. The average Bonchev–Trinajstić information content (AvgIpc) is 2.50. The summed E-state index contributed by atoms with van der Waals surface area (Å²) in [5.41, 5.74) is 1.49. The molecule has 2 amide bonds. The van der Waals surface area contributed by atoms with Gasteiger partial charge in [0.15, 0.2) is 0 Å². The van der Waals surface area contributed by atoms with Gasteiger partial charge in [-0.25, -0.2) is 0 Å². The number of hydrogen-bond acceptors (Lipinski definition) is 2. The molecule has 2 aromatic rings. The quantitative estimate of drug-likeness (QED) is 0.869. The predicted molar refractivity (Wildman–Crippen MR) is 86.9 cm³/mol. The Labute approximate surface area is 135 Å². The summed E-state index contributed by atoms with van der Waals surface area (Å²) < 4.78 is 0.659. The molecule has 0 fully saturated rings. The van der Waals surface area contributed by atoms with Crippen LogP contribution in [-0.4, -0.2) is 18.9 Å². The third kappa shape index (κ3) is 3.62. The van der Waals surface area contributed by atoms with Gasteiger partial charge in [-0.1, -0.05) is 17.7 Å². The van der Waals surface area contributed by atoms with E-state index in [0.29, 0.717) is 26.3 Å². The largest absolute Gasteiger partial charge is 0.355 e. The molecule has 0 unspecified atom stereocenters. The van der Waals surface area contributed by atoms with E-state index >= 15 is 0 Å². The van der Waals surface area contributed by atoms with Gasteiger partial charge < -0.3 is 10.6 Å². The van der Waals surface area contributed by atoms with Crippen LogP contribution in [-0.2, 0) is 0 Å².